The molecular formula is C22H18O4. The van der Waals surface area contributed by atoms with Gasteiger partial charge in [0.2, 0.25) is 0 Å². The molecule has 0 aromatic heterocycles. The third kappa shape index (κ3) is 4.11. The van der Waals surface area contributed by atoms with Gasteiger partial charge in [-0.15, -0.1) is 0 Å². The summed E-state index contributed by atoms with van der Waals surface area (Å²) in [4.78, 5) is 11.1. The minimum absolute atomic E-state index is 0.0448. The molecule has 4 heteroatoms. The molecular weight excluding hydrogens is 328 g/mol. The van der Waals surface area contributed by atoms with E-state index in [0.717, 1.165) is 11.1 Å². The van der Waals surface area contributed by atoms with Crippen LogP contribution in [0.4, 0.5) is 0 Å². The minimum atomic E-state index is -0.103. The Morgan fingerprint density at radius 1 is 0.923 bits per heavy atom. The van der Waals surface area contributed by atoms with Crippen LogP contribution in [-0.2, 0) is 11.4 Å². The smallest absolute Gasteiger partial charge is 0.143 e. The number of phenolic OH excluding ortho intramolecular Hbond substituents is 2. The Hall–Kier alpha value is -3.53. The van der Waals surface area contributed by atoms with Gasteiger partial charge in [0.15, 0.2) is 0 Å². The minimum Gasteiger partial charge on any atom is -0.508 e. The van der Waals surface area contributed by atoms with E-state index in [1.807, 2.05) is 54.6 Å². The molecule has 3 aromatic carbocycles. The summed E-state index contributed by atoms with van der Waals surface area (Å²) in [5, 5.41) is 19.6. The highest BCUT2D eigenvalue weighted by molar-refractivity contribution is 5.91. The number of carbonyl (C=O) groups excluding carboxylic acids is 1. The fourth-order valence-corrected chi connectivity index (χ4v) is 2.65. The Morgan fingerprint density at radius 3 is 2.46 bits per heavy atom. The monoisotopic (exact) mass is 346 g/mol. The molecule has 0 amide bonds. The maximum absolute atomic E-state index is 11.1. The van der Waals surface area contributed by atoms with Crippen molar-refractivity contribution < 1.29 is 19.7 Å². The van der Waals surface area contributed by atoms with Crippen molar-refractivity contribution in [2.24, 2.45) is 0 Å². The van der Waals surface area contributed by atoms with E-state index in [0.29, 0.717) is 29.8 Å². The lowest BCUT2D eigenvalue weighted by molar-refractivity contribution is -0.104. The summed E-state index contributed by atoms with van der Waals surface area (Å²) in [6.45, 7) is 0.432. The van der Waals surface area contributed by atoms with E-state index in [2.05, 4.69) is 0 Å². The largest absolute Gasteiger partial charge is 0.508 e. The summed E-state index contributed by atoms with van der Waals surface area (Å²) in [5.41, 5.74) is 2.78. The lowest BCUT2D eigenvalue weighted by atomic mass is 9.96. The summed E-state index contributed by atoms with van der Waals surface area (Å²) < 4.78 is 5.83. The van der Waals surface area contributed by atoms with Gasteiger partial charge >= 0.3 is 0 Å². The number of carbonyl (C=O) groups is 1. The number of rotatable bonds is 6. The van der Waals surface area contributed by atoms with Crippen molar-refractivity contribution in [2.45, 2.75) is 6.61 Å². The van der Waals surface area contributed by atoms with Gasteiger partial charge in [-0.2, -0.15) is 0 Å². The van der Waals surface area contributed by atoms with E-state index >= 15 is 0 Å². The molecule has 0 saturated heterocycles. The number of allylic oxidation sites excluding steroid dienone is 1. The third-order valence-electron chi connectivity index (χ3n) is 3.90. The van der Waals surface area contributed by atoms with E-state index in [1.165, 1.54) is 18.2 Å². The van der Waals surface area contributed by atoms with Crippen LogP contribution in [0.5, 0.6) is 17.2 Å². The van der Waals surface area contributed by atoms with Crippen molar-refractivity contribution in [2.75, 3.05) is 0 Å². The standard InChI is InChI=1S/C22H18O4/c23-12-11-20(21-10-9-18(24)14-22(21)25)17-7-4-8-19(13-17)26-15-16-5-2-1-3-6-16/h1-14,24-25H,15H2/b20-11+. The van der Waals surface area contributed by atoms with Crippen LogP contribution in [0.1, 0.15) is 16.7 Å². The van der Waals surface area contributed by atoms with E-state index in [1.54, 1.807) is 6.07 Å². The first-order valence-corrected chi connectivity index (χ1v) is 8.12. The Labute approximate surface area is 151 Å². The van der Waals surface area contributed by atoms with Crippen LogP contribution in [0.3, 0.4) is 0 Å². The van der Waals surface area contributed by atoms with Crippen molar-refractivity contribution in [3.63, 3.8) is 0 Å². The van der Waals surface area contributed by atoms with Crippen LogP contribution in [0, 0.1) is 0 Å². The average molecular weight is 346 g/mol. The molecule has 0 saturated carbocycles. The molecule has 3 aromatic rings. The lowest BCUT2D eigenvalue weighted by Gasteiger charge is -2.12. The molecule has 0 atom stereocenters. The summed E-state index contributed by atoms with van der Waals surface area (Å²) in [6, 6.07) is 21.4. The molecule has 0 heterocycles. The van der Waals surface area contributed by atoms with Crippen molar-refractivity contribution in [3.8, 4) is 17.2 Å². The number of aldehydes is 1. The van der Waals surface area contributed by atoms with Gasteiger partial charge in [-0.3, -0.25) is 4.79 Å². The molecule has 0 aliphatic heterocycles. The second-order valence-corrected chi connectivity index (χ2v) is 5.72. The number of aromatic hydroxyl groups is 2. The SMILES string of the molecule is O=C/C=C(\c1cccc(OCc2ccccc2)c1)c1ccc(O)cc1O. The summed E-state index contributed by atoms with van der Waals surface area (Å²) >= 11 is 0. The summed E-state index contributed by atoms with van der Waals surface area (Å²) in [5.74, 6) is 0.506. The topological polar surface area (TPSA) is 66.8 Å². The van der Waals surface area contributed by atoms with Gasteiger partial charge in [0.25, 0.3) is 0 Å². The van der Waals surface area contributed by atoms with Gasteiger partial charge in [0.05, 0.1) is 0 Å². The van der Waals surface area contributed by atoms with Gasteiger partial charge < -0.3 is 14.9 Å². The zero-order valence-electron chi connectivity index (χ0n) is 14.0. The molecule has 0 bridgehead atoms. The fraction of sp³-hybridized carbons (Fsp3) is 0.0455. The predicted molar refractivity (Wildman–Crippen MR) is 100 cm³/mol. The van der Waals surface area contributed by atoms with Gasteiger partial charge in [0.1, 0.15) is 30.1 Å². The van der Waals surface area contributed by atoms with E-state index in [4.69, 9.17) is 4.74 Å². The number of benzene rings is 3. The molecule has 0 radical (unpaired) electrons. The first kappa shape index (κ1) is 17.3. The number of hydrogen-bond donors (Lipinski definition) is 2. The molecule has 130 valence electrons. The highest BCUT2D eigenvalue weighted by Crippen LogP contribution is 2.33. The fourth-order valence-electron chi connectivity index (χ4n) is 2.65. The molecule has 0 spiro atoms. The molecule has 0 aliphatic carbocycles. The maximum atomic E-state index is 11.1. The second-order valence-electron chi connectivity index (χ2n) is 5.72. The van der Waals surface area contributed by atoms with Gasteiger partial charge in [0, 0.05) is 11.6 Å². The lowest BCUT2D eigenvalue weighted by Crippen LogP contribution is -1.96. The second kappa shape index (κ2) is 8.03. The van der Waals surface area contributed by atoms with Crippen LogP contribution in [0.15, 0.2) is 78.9 Å². The van der Waals surface area contributed by atoms with Crippen molar-refractivity contribution in [1.82, 2.24) is 0 Å². The van der Waals surface area contributed by atoms with Gasteiger partial charge in [-0.05, 0) is 47.0 Å². The molecule has 0 unspecified atom stereocenters. The maximum Gasteiger partial charge on any atom is 0.143 e. The van der Waals surface area contributed by atoms with Gasteiger partial charge in [-0.25, -0.2) is 0 Å². The number of phenols is 2. The number of ether oxygens (including phenoxy) is 1. The van der Waals surface area contributed by atoms with Crippen LogP contribution in [0.25, 0.3) is 5.57 Å². The summed E-state index contributed by atoms with van der Waals surface area (Å²) in [7, 11) is 0. The third-order valence-corrected chi connectivity index (χ3v) is 3.90. The molecule has 3 rings (SSSR count). The Morgan fingerprint density at radius 2 is 1.73 bits per heavy atom. The zero-order valence-corrected chi connectivity index (χ0v) is 14.0. The zero-order chi connectivity index (χ0) is 18.4. The highest BCUT2D eigenvalue weighted by Gasteiger charge is 2.11. The first-order valence-electron chi connectivity index (χ1n) is 8.12. The molecule has 0 aliphatic rings. The van der Waals surface area contributed by atoms with E-state index in [-0.39, 0.29) is 11.5 Å². The quantitative estimate of drug-likeness (QED) is 0.516. The van der Waals surface area contributed by atoms with Crippen molar-refractivity contribution in [3.05, 3.63) is 95.6 Å². The van der Waals surface area contributed by atoms with Crippen molar-refractivity contribution >= 4 is 11.9 Å². The summed E-state index contributed by atoms with van der Waals surface area (Å²) in [6.07, 6.45) is 2.04. The molecule has 0 fully saturated rings. The first-order chi connectivity index (χ1) is 12.7. The number of hydrogen-bond acceptors (Lipinski definition) is 4. The Bertz CT molecular complexity index is 930. The van der Waals surface area contributed by atoms with Gasteiger partial charge in [-0.1, -0.05) is 42.5 Å². The van der Waals surface area contributed by atoms with Crippen LogP contribution >= 0.6 is 0 Å². The van der Waals surface area contributed by atoms with Crippen molar-refractivity contribution in [1.29, 1.82) is 0 Å². The Kier molecular flexibility index (Phi) is 5.34. The average Bonchev–Trinajstić information content (AvgIpc) is 2.66. The Balaban J connectivity index is 1.88. The highest BCUT2D eigenvalue weighted by atomic mass is 16.5. The normalized spacial score (nSPS) is 11.2. The molecule has 26 heavy (non-hydrogen) atoms. The van der Waals surface area contributed by atoms with Crippen LogP contribution in [-0.4, -0.2) is 16.5 Å². The molecule has 2 N–H and O–H groups in total. The molecule has 4 nitrogen and oxygen atoms in total. The van der Waals surface area contributed by atoms with Crippen LogP contribution < -0.4 is 4.74 Å². The van der Waals surface area contributed by atoms with E-state index in [9.17, 15) is 15.0 Å². The predicted octanol–water partition coefficient (Wildman–Crippen LogP) is 4.31. The van der Waals surface area contributed by atoms with Crippen LogP contribution in [0.2, 0.25) is 0 Å². The van der Waals surface area contributed by atoms with E-state index < -0.39 is 0 Å².